The monoisotopic (exact) mass is 619 g/mol. The van der Waals surface area contributed by atoms with Crippen LogP contribution < -0.4 is 0 Å². The lowest BCUT2D eigenvalue weighted by molar-refractivity contribution is -0.396. The molecule has 1 unspecified atom stereocenters. The Bertz CT molecular complexity index is 1030. The fourth-order valence-corrected chi connectivity index (χ4v) is 8.06. The Balaban J connectivity index is 0.992. The average Bonchev–Trinajstić information content (AvgIpc) is 3.09. The minimum atomic E-state index is -1.49. The van der Waals surface area contributed by atoms with Crippen molar-refractivity contribution in [3.63, 3.8) is 0 Å². The maximum Gasteiger partial charge on any atom is 0.283 e. The topological polar surface area (TPSA) is 74.2 Å². The highest BCUT2D eigenvalue weighted by Crippen LogP contribution is 2.35. The zero-order chi connectivity index (χ0) is 30.7. The maximum atomic E-state index is 12.1. The zero-order valence-electron chi connectivity index (χ0n) is 27.5. The Labute approximate surface area is 271 Å². The molecular weight excluding hydrogens is 562 g/mol. The Morgan fingerprint density at radius 3 is 1.84 bits per heavy atom. The number of ether oxygens (including phenoxy) is 2. The third-order valence-electron chi connectivity index (χ3n) is 11.1. The first-order valence-corrected chi connectivity index (χ1v) is 18.1. The predicted molar refractivity (Wildman–Crippen MR) is 177 cm³/mol. The summed E-state index contributed by atoms with van der Waals surface area (Å²) in [4.78, 5) is 16.3. The zero-order valence-corrected chi connectivity index (χ0v) is 27.5. The smallest absolute Gasteiger partial charge is 0.283 e. The van der Waals surface area contributed by atoms with Crippen LogP contribution in [-0.2, 0) is 22.6 Å². The molecule has 0 bridgehead atoms. The summed E-state index contributed by atoms with van der Waals surface area (Å²) in [5.41, 5.74) is 2.45. The summed E-state index contributed by atoms with van der Waals surface area (Å²) in [5, 5.41) is 12.1. The fraction of sp³-hybridized carbons (Fsp3) is 0.730. The number of hydrogen-bond donors (Lipinski definition) is 1. The van der Waals surface area contributed by atoms with Crippen LogP contribution in [0.4, 0.5) is 0 Å². The SMILES string of the molecule is OC(OCC1CCN(Cc2ccncc2)CC1)(OCC1CCN(Cc2ccccn2)CC1)C1CCN(CC2CCCCC2)CC1. The van der Waals surface area contributed by atoms with E-state index in [1.165, 1.54) is 44.2 Å². The van der Waals surface area contributed by atoms with E-state index >= 15 is 0 Å². The summed E-state index contributed by atoms with van der Waals surface area (Å²) in [7, 11) is 0. The number of aliphatic hydroxyl groups is 1. The molecule has 45 heavy (non-hydrogen) atoms. The molecule has 8 nitrogen and oxygen atoms in total. The van der Waals surface area contributed by atoms with Gasteiger partial charge in [-0.25, -0.2) is 0 Å². The fourth-order valence-electron chi connectivity index (χ4n) is 8.06. The van der Waals surface area contributed by atoms with Crippen molar-refractivity contribution in [3.05, 3.63) is 60.2 Å². The van der Waals surface area contributed by atoms with Gasteiger partial charge in [-0.15, -0.1) is 0 Å². The van der Waals surface area contributed by atoms with Crippen molar-refractivity contribution in [2.75, 3.05) is 59.0 Å². The second-order valence-corrected chi connectivity index (χ2v) is 14.4. The van der Waals surface area contributed by atoms with Gasteiger partial charge in [0.1, 0.15) is 0 Å². The van der Waals surface area contributed by atoms with Crippen molar-refractivity contribution in [3.8, 4) is 0 Å². The lowest BCUT2D eigenvalue weighted by atomic mass is 9.87. The van der Waals surface area contributed by atoms with Crippen molar-refractivity contribution >= 4 is 0 Å². The number of hydrogen-bond acceptors (Lipinski definition) is 8. The molecule has 6 rings (SSSR count). The van der Waals surface area contributed by atoms with E-state index in [0.717, 1.165) is 102 Å². The van der Waals surface area contributed by atoms with Gasteiger partial charge in [0.2, 0.25) is 0 Å². The summed E-state index contributed by atoms with van der Waals surface area (Å²) >= 11 is 0. The van der Waals surface area contributed by atoms with Crippen molar-refractivity contribution in [1.29, 1.82) is 0 Å². The summed E-state index contributed by atoms with van der Waals surface area (Å²) in [6.45, 7) is 10.5. The molecule has 0 radical (unpaired) electrons. The van der Waals surface area contributed by atoms with Crippen LogP contribution in [-0.4, -0.2) is 94.8 Å². The molecule has 3 aliphatic heterocycles. The Hall–Kier alpha value is -1.94. The van der Waals surface area contributed by atoms with Crippen LogP contribution in [0.15, 0.2) is 48.9 Å². The van der Waals surface area contributed by atoms with Crippen LogP contribution in [0.3, 0.4) is 0 Å². The van der Waals surface area contributed by atoms with E-state index in [1.54, 1.807) is 0 Å². The van der Waals surface area contributed by atoms with Gasteiger partial charge in [0, 0.05) is 44.1 Å². The van der Waals surface area contributed by atoms with Gasteiger partial charge >= 0.3 is 0 Å². The molecule has 1 aliphatic carbocycles. The molecule has 2 aromatic heterocycles. The highest BCUT2D eigenvalue weighted by Gasteiger charge is 2.43. The first-order valence-electron chi connectivity index (χ1n) is 18.1. The van der Waals surface area contributed by atoms with E-state index in [4.69, 9.17) is 9.47 Å². The third-order valence-corrected chi connectivity index (χ3v) is 11.1. The number of aromatic nitrogens is 2. The standard InChI is InChI=1S/C37H57N5O3/c43-37(35-15-24-41(25-16-35)26-31-6-2-1-3-7-31,44-29-33-11-20-40(21-12-33)27-32-9-18-38-19-10-32)45-30-34-13-22-42(23-14-34)28-36-8-4-5-17-39-36/h4-5,8-10,17-19,31,33-35,43H,1-3,6-7,11-16,20-30H2. The average molecular weight is 620 g/mol. The van der Waals surface area contributed by atoms with Gasteiger partial charge in [0.15, 0.2) is 0 Å². The third kappa shape index (κ3) is 10.0. The first-order chi connectivity index (χ1) is 22.1. The highest BCUT2D eigenvalue weighted by molar-refractivity contribution is 5.09. The molecule has 8 heteroatoms. The number of piperidine rings is 3. The molecular formula is C37H57N5O3. The Morgan fingerprint density at radius 1 is 0.644 bits per heavy atom. The quantitative estimate of drug-likeness (QED) is 0.292. The molecule has 4 aliphatic rings. The lowest BCUT2D eigenvalue weighted by Crippen LogP contribution is -2.51. The number of rotatable bonds is 13. The van der Waals surface area contributed by atoms with Crippen LogP contribution in [0.2, 0.25) is 0 Å². The van der Waals surface area contributed by atoms with Gasteiger partial charge in [-0.1, -0.05) is 25.3 Å². The van der Waals surface area contributed by atoms with Gasteiger partial charge in [-0.3, -0.25) is 19.8 Å². The minimum Gasteiger partial charge on any atom is -0.343 e. The van der Waals surface area contributed by atoms with Crippen LogP contribution in [0.5, 0.6) is 0 Å². The van der Waals surface area contributed by atoms with Crippen LogP contribution in [0, 0.1) is 23.7 Å². The second-order valence-electron chi connectivity index (χ2n) is 14.4. The van der Waals surface area contributed by atoms with Gasteiger partial charge in [0.25, 0.3) is 5.97 Å². The molecule has 1 N–H and O–H groups in total. The summed E-state index contributed by atoms with van der Waals surface area (Å²) in [6.07, 6.45) is 18.8. The summed E-state index contributed by atoms with van der Waals surface area (Å²) in [5.74, 6) is 0.291. The summed E-state index contributed by atoms with van der Waals surface area (Å²) < 4.78 is 13.0. The molecule has 0 aromatic carbocycles. The van der Waals surface area contributed by atoms with Gasteiger partial charge in [-0.05, 0) is 138 Å². The highest BCUT2D eigenvalue weighted by atomic mass is 16.8. The number of pyridine rings is 2. The van der Waals surface area contributed by atoms with Crippen molar-refractivity contribution in [1.82, 2.24) is 24.7 Å². The molecule has 1 atom stereocenters. The molecule has 0 spiro atoms. The first kappa shape index (κ1) is 33.0. The molecule has 0 amide bonds. The largest absolute Gasteiger partial charge is 0.343 e. The number of nitrogens with zero attached hydrogens (tertiary/aromatic N) is 5. The van der Waals surface area contributed by atoms with E-state index in [0.29, 0.717) is 25.0 Å². The minimum absolute atomic E-state index is 0.0242. The van der Waals surface area contributed by atoms with E-state index in [9.17, 15) is 5.11 Å². The lowest BCUT2D eigenvalue weighted by Gasteiger charge is -2.43. The van der Waals surface area contributed by atoms with Gasteiger partial charge in [-0.2, -0.15) is 0 Å². The molecule has 2 aromatic rings. The molecule has 5 heterocycles. The van der Waals surface area contributed by atoms with E-state index in [1.807, 2.05) is 24.7 Å². The van der Waals surface area contributed by atoms with Crippen LogP contribution in [0.25, 0.3) is 0 Å². The molecule has 4 fully saturated rings. The molecule has 3 saturated heterocycles. The maximum absolute atomic E-state index is 12.1. The Kier molecular flexibility index (Phi) is 12.3. The number of likely N-dealkylation sites (tertiary alicyclic amines) is 3. The van der Waals surface area contributed by atoms with Gasteiger partial charge < -0.3 is 19.5 Å². The summed E-state index contributed by atoms with van der Waals surface area (Å²) in [6, 6.07) is 10.4. The van der Waals surface area contributed by atoms with Crippen molar-refractivity contribution in [2.45, 2.75) is 89.7 Å². The van der Waals surface area contributed by atoms with E-state index < -0.39 is 5.97 Å². The van der Waals surface area contributed by atoms with Crippen LogP contribution in [0.1, 0.15) is 81.9 Å². The van der Waals surface area contributed by atoms with E-state index in [-0.39, 0.29) is 5.92 Å². The van der Waals surface area contributed by atoms with Crippen LogP contribution >= 0.6 is 0 Å². The van der Waals surface area contributed by atoms with Gasteiger partial charge in [0.05, 0.1) is 18.9 Å². The van der Waals surface area contributed by atoms with Crippen molar-refractivity contribution < 1.29 is 14.6 Å². The molecule has 248 valence electrons. The molecule has 1 saturated carbocycles. The normalized spacial score (nSPS) is 24.1. The second kappa shape index (κ2) is 16.8. The van der Waals surface area contributed by atoms with E-state index in [2.05, 4.69) is 48.9 Å². The Morgan fingerprint density at radius 2 is 1.24 bits per heavy atom. The predicted octanol–water partition coefficient (Wildman–Crippen LogP) is 5.57. The van der Waals surface area contributed by atoms with Crippen molar-refractivity contribution in [2.24, 2.45) is 23.7 Å².